The first-order valence-electron chi connectivity index (χ1n) is 5.83. The Labute approximate surface area is 121 Å². The molecule has 1 amide bonds. The number of benzene rings is 1. The Kier molecular flexibility index (Phi) is 7.13. The fourth-order valence-electron chi connectivity index (χ4n) is 1.31. The van der Waals surface area contributed by atoms with Gasteiger partial charge in [-0.15, -0.1) is 0 Å². The molecular weight excluding hydrogens is 318 g/mol. The van der Waals surface area contributed by atoms with Crippen molar-refractivity contribution in [1.82, 2.24) is 5.32 Å². The number of ether oxygens (including phenoxy) is 1. The monoisotopic (exact) mass is 333 g/mol. The minimum absolute atomic E-state index is 0.0304. The average Bonchev–Trinajstić information content (AvgIpc) is 2.36. The molecule has 1 unspecified atom stereocenters. The lowest BCUT2D eigenvalue weighted by molar-refractivity contribution is -0.123. The van der Waals surface area contributed by atoms with Crippen molar-refractivity contribution >= 4 is 33.4 Å². The van der Waals surface area contributed by atoms with Crippen molar-refractivity contribution in [2.75, 3.05) is 18.5 Å². The van der Waals surface area contributed by atoms with Gasteiger partial charge in [-0.3, -0.25) is 4.79 Å². The van der Waals surface area contributed by atoms with Gasteiger partial charge >= 0.3 is 0 Å². The highest BCUT2D eigenvalue weighted by Gasteiger charge is 2.05. The molecule has 0 radical (unpaired) electrons. The van der Waals surface area contributed by atoms with Crippen molar-refractivity contribution in [2.24, 2.45) is 5.92 Å². The summed E-state index contributed by atoms with van der Waals surface area (Å²) in [6.45, 7) is 2.80. The molecule has 18 heavy (non-hydrogen) atoms. The summed E-state index contributed by atoms with van der Waals surface area (Å²) >= 11 is 9.13. The van der Waals surface area contributed by atoms with E-state index in [1.807, 2.05) is 0 Å². The van der Waals surface area contributed by atoms with Gasteiger partial charge in [0.15, 0.2) is 6.61 Å². The molecule has 0 spiro atoms. The zero-order valence-electron chi connectivity index (χ0n) is 10.3. The zero-order chi connectivity index (χ0) is 13.4. The molecule has 1 aromatic rings. The predicted octanol–water partition coefficient (Wildman–Crippen LogP) is 3.26. The SMILES string of the molecule is CC(CCBr)CNC(=O)COc1ccc(Cl)cc1. The van der Waals surface area contributed by atoms with Crippen LogP contribution in [-0.4, -0.2) is 24.4 Å². The van der Waals surface area contributed by atoms with Crippen molar-refractivity contribution in [3.8, 4) is 5.75 Å². The first kappa shape index (κ1) is 15.3. The molecule has 0 saturated heterocycles. The number of rotatable bonds is 7. The maximum absolute atomic E-state index is 11.5. The van der Waals surface area contributed by atoms with Crippen molar-refractivity contribution < 1.29 is 9.53 Å². The van der Waals surface area contributed by atoms with Crippen molar-refractivity contribution in [3.63, 3.8) is 0 Å². The van der Waals surface area contributed by atoms with Crippen LogP contribution in [0.4, 0.5) is 0 Å². The first-order valence-corrected chi connectivity index (χ1v) is 7.32. The molecule has 0 saturated carbocycles. The van der Waals surface area contributed by atoms with E-state index in [1.165, 1.54) is 0 Å². The number of amides is 1. The Morgan fingerprint density at radius 2 is 2.11 bits per heavy atom. The quantitative estimate of drug-likeness (QED) is 0.777. The van der Waals surface area contributed by atoms with E-state index in [1.54, 1.807) is 24.3 Å². The van der Waals surface area contributed by atoms with Crippen LogP contribution in [0.25, 0.3) is 0 Å². The van der Waals surface area contributed by atoms with E-state index in [0.29, 0.717) is 23.2 Å². The van der Waals surface area contributed by atoms with E-state index in [0.717, 1.165) is 11.8 Å². The highest BCUT2D eigenvalue weighted by molar-refractivity contribution is 9.09. The molecule has 1 N–H and O–H groups in total. The van der Waals surface area contributed by atoms with E-state index >= 15 is 0 Å². The molecule has 0 aliphatic carbocycles. The van der Waals surface area contributed by atoms with E-state index in [-0.39, 0.29) is 12.5 Å². The second kappa shape index (κ2) is 8.38. The lowest BCUT2D eigenvalue weighted by Crippen LogP contribution is -2.32. The smallest absolute Gasteiger partial charge is 0.257 e. The molecule has 1 atom stereocenters. The molecule has 0 fully saturated rings. The van der Waals surface area contributed by atoms with Gasteiger partial charge in [-0.05, 0) is 36.6 Å². The molecule has 0 heterocycles. The molecule has 0 aliphatic heterocycles. The van der Waals surface area contributed by atoms with E-state index < -0.39 is 0 Å². The maximum atomic E-state index is 11.5. The highest BCUT2D eigenvalue weighted by atomic mass is 79.9. The molecule has 1 rings (SSSR count). The van der Waals surface area contributed by atoms with Crippen LogP contribution >= 0.6 is 27.5 Å². The van der Waals surface area contributed by atoms with Crippen LogP contribution in [0.1, 0.15) is 13.3 Å². The third-order valence-electron chi connectivity index (χ3n) is 2.43. The van der Waals surface area contributed by atoms with Gasteiger partial charge in [-0.2, -0.15) is 0 Å². The van der Waals surface area contributed by atoms with Gasteiger partial charge in [0.05, 0.1) is 0 Å². The largest absolute Gasteiger partial charge is 0.484 e. The minimum Gasteiger partial charge on any atom is -0.484 e. The van der Waals surface area contributed by atoms with Crippen LogP contribution in [0.5, 0.6) is 5.75 Å². The summed E-state index contributed by atoms with van der Waals surface area (Å²) in [4.78, 5) is 11.5. The number of hydrogen-bond donors (Lipinski definition) is 1. The Morgan fingerprint density at radius 3 is 2.72 bits per heavy atom. The summed E-state index contributed by atoms with van der Waals surface area (Å²) in [6.07, 6.45) is 1.04. The van der Waals surface area contributed by atoms with Gasteiger partial charge in [0.1, 0.15) is 5.75 Å². The summed E-state index contributed by atoms with van der Waals surface area (Å²) < 4.78 is 5.34. The molecular formula is C13H17BrClNO2. The zero-order valence-corrected chi connectivity index (χ0v) is 12.6. The van der Waals surface area contributed by atoms with Gasteiger partial charge in [-0.1, -0.05) is 34.5 Å². The second-order valence-electron chi connectivity index (χ2n) is 4.13. The van der Waals surface area contributed by atoms with Crippen LogP contribution < -0.4 is 10.1 Å². The van der Waals surface area contributed by atoms with Crippen molar-refractivity contribution in [3.05, 3.63) is 29.3 Å². The van der Waals surface area contributed by atoms with Crippen LogP contribution in [0.3, 0.4) is 0 Å². The third-order valence-corrected chi connectivity index (χ3v) is 3.14. The summed E-state index contributed by atoms with van der Waals surface area (Å²) in [5.74, 6) is 0.998. The van der Waals surface area contributed by atoms with Crippen molar-refractivity contribution in [1.29, 1.82) is 0 Å². The number of nitrogens with one attached hydrogen (secondary N) is 1. The third kappa shape index (κ3) is 6.26. The number of halogens is 2. The molecule has 1 aromatic carbocycles. The lowest BCUT2D eigenvalue weighted by atomic mass is 10.1. The summed E-state index contributed by atoms with van der Waals surface area (Å²) in [5, 5.41) is 4.44. The van der Waals surface area contributed by atoms with Gasteiger partial charge in [0, 0.05) is 16.9 Å². The first-order chi connectivity index (χ1) is 8.61. The standard InChI is InChI=1S/C13H17BrClNO2/c1-10(6-7-14)8-16-13(17)9-18-12-4-2-11(15)3-5-12/h2-5,10H,6-9H2,1H3,(H,16,17). The Hall–Kier alpha value is -0.740. The topological polar surface area (TPSA) is 38.3 Å². The average molecular weight is 335 g/mol. The molecule has 5 heteroatoms. The van der Waals surface area contributed by atoms with Gasteiger partial charge in [0.2, 0.25) is 0 Å². The minimum atomic E-state index is -0.105. The van der Waals surface area contributed by atoms with Gasteiger partial charge in [0.25, 0.3) is 5.91 Å². The molecule has 0 aromatic heterocycles. The number of alkyl halides is 1. The number of carbonyl (C=O) groups is 1. The van der Waals surface area contributed by atoms with Gasteiger partial charge in [-0.25, -0.2) is 0 Å². The second-order valence-corrected chi connectivity index (χ2v) is 5.36. The van der Waals surface area contributed by atoms with Crippen LogP contribution in [0.2, 0.25) is 5.02 Å². The molecule has 3 nitrogen and oxygen atoms in total. The summed E-state index contributed by atoms with van der Waals surface area (Å²) in [5.41, 5.74) is 0. The molecule has 0 aliphatic rings. The van der Waals surface area contributed by atoms with Crippen molar-refractivity contribution in [2.45, 2.75) is 13.3 Å². The Morgan fingerprint density at radius 1 is 1.44 bits per heavy atom. The number of carbonyl (C=O) groups excluding carboxylic acids is 1. The normalized spacial score (nSPS) is 11.9. The fourth-order valence-corrected chi connectivity index (χ4v) is 2.21. The maximum Gasteiger partial charge on any atom is 0.257 e. The lowest BCUT2D eigenvalue weighted by Gasteiger charge is -2.11. The highest BCUT2D eigenvalue weighted by Crippen LogP contribution is 2.15. The Balaban J connectivity index is 2.22. The van der Waals surface area contributed by atoms with Crippen LogP contribution in [0, 0.1) is 5.92 Å². The van der Waals surface area contributed by atoms with Crippen LogP contribution in [0.15, 0.2) is 24.3 Å². The Bertz CT molecular complexity index is 370. The van der Waals surface area contributed by atoms with E-state index in [9.17, 15) is 4.79 Å². The van der Waals surface area contributed by atoms with E-state index in [4.69, 9.17) is 16.3 Å². The molecule has 0 bridgehead atoms. The fraction of sp³-hybridized carbons (Fsp3) is 0.462. The predicted molar refractivity (Wildman–Crippen MR) is 77.5 cm³/mol. The molecule has 100 valence electrons. The van der Waals surface area contributed by atoms with Gasteiger partial charge < -0.3 is 10.1 Å². The summed E-state index contributed by atoms with van der Waals surface area (Å²) in [7, 11) is 0. The summed E-state index contributed by atoms with van der Waals surface area (Å²) in [6, 6.07) is 6.94. The van der Waals surface area contributed by atoms with Crippen LogP contribution in [-0.2, 0) is 4.79 Å². The van der Waals surface area contributed by atoms with E-state index in [2.05, 4.69) is 28.2 Å². The number of hydrogen-bond acceptors (Lipinski definition) is 2.